The quantitative estimate of drug-likeness (QED) is 0.549. The minimum Gasteiger partial charge on any atom is -0.328 e. The van der Waals surface area contributed by atoms with Crippen LogP contribution in [0.25, 0.3) is 0 Å². The SMILES string of the molecule is C#CCCCC(N)CCCc1ccccc1. The van der Waals surface area contributed by atoms with Gasteiger partial charge >= 0.3 is 0 Å². The Kier molecular flexibility index (Phi) is 6.37. The number of nitrogens with two attached hydrogens (primary N) is 1. The van der Waals surface area contributed by atoms with E-state index in [1.807, 2.05) is 0 Å². The summed E-state index contributed by atoms with van der Waals surface area (Å²) >= 11 is 0. The Bertz CT molecular complexity index is 310. The molecule has 0 amide bonds. The summed E-state index contributed by atoms with van der Waals surface area (Å²) in [6, 6.07) is 10.9. The number of hydrogen-bond donors (Lipinski definition) is 1. The minimum absolute atomic E-state index is 0.317. The third-order valence-electron chi connectivity index (χ3n) is 2.78. The van der Waals surface area contributed by atoms with Gasteiger partial charge in [0.1, 0.15) is 0 Å². The van der Waals surface area contributed by atoms with Gasteiger partial charge in [0, 0.05) is 12.5 Å². The molecule has 1 nitrogen and oxygen atoms in total. The Morgan fingerprint density at radius 2 is 1.81 bits per heavy atom. The monoisotopic (exact) mass is 215 g/mol. The van der Waals surface area contributed by atoms with E-state index in [2.05, 4.69) is 36.3 Å². The summed E-state index contributed by atoms with van der Waals surface area (Å²) in [7, 11) is 0. The minimum atomic E-state index is 0.317. The first-order valence-corrected chi connectivity index (χ1v) is 6.06. The molecule has 0 bridgehead atoms. The molecule has 0 fully saturated rings. The lowest BCUT2D eigenvalue weighted by Crippen LogP contribution is -2.19. The van der Waals surface area contributed by atoms with Crippen LogP contribution in [-0.4, -0.2) is 6.04 Å². The lowest BCUT2D eigenvalue weighted by atomic mass is 10.0. The van der Waals surface area contributed by atoms with Crippen molar-refractivity contribution >= 4 is 0 Å². The van der Waals surface area contributed by atoms with E-state index in [1.165, 1.54) is 12.0 Å². The number of aryl methyl sites for hydroxylation is 1. The molecule has 2 N–H and O–H groups in total. The van der Waals surface area contributed by atoms with Gasteiger partial charge in [0.15, 0.2) is 0 Å². The van der Waals surface area contributed by atoms with Crippen LogP contribution in [0.1, 0.15) is 37.7 Å². The van der Waals surface area contributed by atoms with Crippen LogP contribution in [0.4, 0.5) is 0 Å². The van der Waals surface area contributed by atoms with Crippen molar-refractivity contribution in [1.29, 1.82) is 0 Å². The molecule has 0 heterocycles. The number of unbranched alkanes of at least 4 members (excludes halogenated alkanes) is 1. The normalized spacial score (nSPS) is 12.0. The fourth-order valence-corrected chi connectivity index (χ4v) is 1.82. The van der Waals surface area contributed by atoms with Crippen molar-refractivity contribution in [3.8, 4) is 12.3 Å². The van der Waals surface area contributed by atoms with E-state index in [0.717, 1.165) is 32.1 Å². The van der Waals surface area contributed by atoms with Crippen LogP contribution in [0.15, 0.2) is 30.3 Å². The summed E-state index contributed by atoms with van der Waals surface area (Å²) in [6.45, 7) is 0. The first-order chi connectivity index (χ1) is 7.83. The third-order valence-corrected chi connectivity index (χ3v) is 2.78. The Labute approximate surface area is 99.1 Å². The van der Waals surface area contributed by atoms with Gasteiger partial charge in [0.2, 0.25) is 0 Å². The second-order valence-corrected chi connectivity index (χ2v) is 4.23. The third kappa shape index (κ3) is 5.58. The fourth-order valence-electron chi connectivity index (χ4n) is 1.82. The van der Waals surface area contributed by atoms with E-state index in [4.69, 9.17) is 12.2 Å². The summed E-state index contributed by atoms with van der Waals surface area (Å²) in [5.74, 6) is 2.65. The van der Waals surface area contributed by atoms with Gasteiger partial charge in [-0.05, 0) is 37.7 Å². The summed E-state index contributed by atoms with van der Waals surface area (Å²) in [4.78, 5) is 0. The summed E-state index contributed by atoms with van der Waals surface area (Å²) in [6.07, 6.45) is 11.6. The first kappa shape index (κ1) is 12.8. The molecule has 1 heteroatoms. The van der Waals surface area contributed by atoms with Gasteiger partial charge in [-0.25, -0.2) is 0 Å². The number of terminal acetylenes is 1. The fraction of sp³-hybridized carbons (Fsp3) is 0.467. The Balaban J connectivity index is 2.09. The highest BCUT2D eigenvalue weighted by Gasteiger charge is 2.01. The molecule has 0 saturated carbocycles. The molecule has 1 rings (SSSR count). The van der Waals surface area contributed by atoms with Gasteiger partial charge in [-0.2, -0.15) is 0 Å². The number of rotatable bonds is 7. The van der Waals surface area contributed by atoms with Gasteiger partial charge in [-0.3, -0.25) is 0 Å². The molecule has 0 aliphatic carbocycles. The van der Waals surface area contributed by atoms with Crippen LogP contribution in [-0.2, 0) is 6.42 Å². The van der Waals surface area contributed by atoms with Gasteiger partial charge in [0.05, 0.1) is 0 Å². The van der Waals surface area contributed by atoms with Gasteiger partial charge in [-0.1, -0.05) is 30.3 Å². The molecule has 1 aromatic rings. The van der Waals surface area contributed by atoms with Gasteiger partial charge < -0.3 is 5.73 Å². The molecule has 1 unspecified atom stereocenters. The molecule has 0 aromatic heterocycles. The Morgan fingerprint density at radius 1 is 1.12 bits per heavy atom. The molecule has 0 aliphatic rings. The van der Waals surface area contributed by atoms with Crippen molar-refractivity contribution in [3.63, 3.8) is 0 Å². The number of benzene rings is 1. The first-order valence-electron chi connectivity index (χ1n) is 6.06. The molecule has 0 aliphatic heterocycles. The van der Waals surface area contributed by atoms with Crippen LogP contribution < -0.4 is 5.73 Å². The maximum Gasteiger partial charge on any atom is 0.00866 e. The summed E-state index contributed by atoms with van der Waals surface area (Å²) in [5.41, 5.74) is 7.41. The van der Waals surface area contributed by atoms with Crippen molar-refractivity contribution in [2.75, 3.05) is 0 Å². The van der Waals surface area contributed by atoms with Crippen molar-refractivity contribution in [1.82, 2.24) is 0 Å². The Morgan fingerprint density at radius 3 is 2.50 bits per heavy atom. The van der Waals surface area contributed by atoms with Crippen molar-refractivity contribution in [2.24, 2.45) is 5.73 Å². The largest absolute Gasteiger partial charge is 0.328 e. The summed E-state index contributed by atoms with van der Waals surface area (Å²) in [5, 5.41) is 0. The lowest BCUT2D eigenvalue weighted by Gasteiger charge is -2.10. The average Bonchev–Trinajstić information content (AvgIpc) is 2.31. The standard InChI is InChI=1S/C15H21N/c1-2-3-5-12-15(16)13-8-11-14-9-6-4-7-10-14/h1,4,6-7,9-10,15H,3,5,8,11-13,16H2. The molecule has 86 valence electrons. The highest BCUT2D eigenvalue weighted by atomic mass is 14.6. The zero-order valence-electron chi connectivity index (χ0n) is 9.86. The molecule has 1 aromatic carbocycles. The molecule has 0 saturated heterocycles. The average molecular weight is 215 g/mol. The second kappa shape index (κ2) is 7.96. The molecule has 0 radical (unpaired) electrons. The second-order valence-electron chi connectivity index (χ2n) is 4.23. The predicted molar refractivity (Wildman–Crippen MR) is 70.0 cm³/mol. The molecule has 1 atom stereocenters. The van der Waals surface area contributed by atoms with Crippen LogP contribution >= 0.6 is 0 Å². The smallest absolute Gasteiger partial charge is 0.00866 e. The van der Waals surface area contributed by atoms with Crippen LogP contribution in [0, 0.1) is 12.3 Å². The van der Waals surface area contributed by atoms with Crippen molar-refractivity contribution < 1.29 is 0 Å². The van der Waals surface area contributed by atoms with E-state index < -0.39 is 0 Å². The molecular weight excluding hydrogens is 194 g/mol. The van der Waals surface area contributed by atoms with Crippen LogP contribution in [0.5, 0.6) is 0 Å². The topological polar surface area (TPSA) is 26.0 Å². The van der Waals surface area contributed by atoms with E-state index in [-0.39, 0.29) is 0 Å². The van der Waals surface area contributed by atoms with Crippen molar-refractivity contribution in [2.45, 2.75) is 44.6 Å². The zero-order chi connectivity index (χ0) is 11.6. The highest BCUT2D eigenvalue weighted by Crippen LogP contribution is 2.08. The summed E-state index contributed by atoms with van der Waals surface area (Å²) < 4.78 is 0. The molecular formula is C15H21N. The highest BCUT2D eigenvalue weighted by molar-refractivity contribution is 5.14. The Hall–Kier alpha value is -1.26. The van der Waals surface area contributed by atoms with Crippen molar-refractivity contribution in [3.05, 3.63) is 35.9 Å². The maximum absolute atomic E-state index is 6.01. The van der Waals surface area contributed by atoms with Gasteiger partial charge in [-0.15, -0.1) is 12.3 Å². The lowest BCUT2D eigenvalue weighted by molar-refractivity contribution is 0.531. The predicted octanol–water partition coefficient (Wildman–Crippen LogP) is 3.14. The van der Waals surface area contributed by atoms with E-state index >= 15 is 0 Å². The molecule has 16 heavy (non-hydrogen) atoms. The van der Waals surface area contributed by atoms with Crippen LogP contribution in [0.3, 0.4) is 0 Å². The van der Waals surface area contributed by atoms with E-state index in [9.17, 15) is 0 Å². The maximum atomic E-state index is 6.01. The van der Waals surface area contributed by atoms with Crippen LogP contribution in [0.2, 0.25) is 0 Å². The number of hydrogen-bond acceptors (Lipinski definition) is 1. The van der Waals surface area contributed by atoms with E-state index in [0.29, 0.717) is 6.04 Å². The van der Waals surface area contributed by atoms with Gasteiger partial charge in [0.25, 0.3) is 0 Å². The zero-order valence-corrected chi connectivity index (χ0v) is 9.86. The molecule has 0 spiro atoms. The van der Waals surface area contributed by atoms with E-state index in [1.54, 1.807) is 0 Å².